The Hall–Kier alpha value is -0.870. The quantitative estimate of drug-likeness (QED) is 0.717. The largest absolute Gasteiger partial charge is 0.310 e. The van der Waals surface area contributed by atoms with E-state index in [4.69, 9.17) is 0 Å². The van der Waals surface area contributed by atoms with Crippen molar-refractivity contribution in [3.8, 4) is 0 Å². The number of hydrogen-bond acceptors (Lipinski definition) is 3. The van der Waals surface area contributed by atoms with Crippen LogP contribution in [0.25, 0.3) is 0 Å². The lowest BCUT2D eigenvalue weighted by Crippen LogP contribution is -2.33. The summed E-state index contributed by atoms with van der Waals surface area (Å²) in [5, 5.41) is 8.02. The molecule has 1 fully saturated rings. The molecule has 0 unspecified atom stereocenters. The molecule has 0 amide bonds. The van der Waals surface area contributed by atoms with E-state index in [0.29, 0.717) is 6.04 Å². The van der Waals surface area contributed by atoms with Crippen molar-refractivity contribution in [2.75, 3.05) is 19.6 Å². The van der Waals surface area contributed by atoms with Gasteiger partial charge in [-0.05, 0) is 39.3 Å². The number of hydrogen-bond donors (Lipinski definition) is 1. The Labute approximate surface area is 110 Å². The molecular formula is C14H26N4. The molecule has 0 aliphatic heterocycles. The lowest BCUT2D eigenvalue weighted by atomic mass is 10.4. The Morgan fingerprint density at radius 3 is 2.83 bits per heavy atom. The smallest absolute Gasteiger partial charge is 0.0762 e. The Bertz CT molecular complexity index is 354. The van der Waals surface area contributed by atoms with Crippen molar-refractivity contribution >= 4 is 0 Å². The average Bonchev–Trinajstić information content (AvgIpc) is 3.07. The van der Waals surface area contributed by atoms with Gasteiger partial charge in [0.25, 0.3) is 0 Å². The zero-order valence-electron chi connectivity index (χ0n) is 11.9. The van der Waals surface area contributed by atoms with E-state index in [1.807, 2.05) is 4.68 Å². The molecule has 0 saturated heterocycles. The van der Waals surface area contributed by atoms with E-state index in [0.717, 1.165) is 31.4 Å². The fraction of sp³-hybridized carbons (Fsp3) is 0.786. The molecule has 102 valence electrons. The van der Waals surface area contributed by atoms with Crippen molar-refractivity contribution in [1.82, 2.24) is 20.0 Å². The van der Waals surface area contributed by atoms with Gasteiger partial charge in [0.1, 0.15) is 0 Å². The first-order valence-electron chi connectivity index (χ1n) is 7.19. The molecule has 1 aromatic heterocycles. The van der Waals surface area contributed by atoms with E-state index in [9.17, 15) is 0 Å². The number of nitrogens with one attached hydrogen (secondary N) is 1. The Kier molecular flexibility index (Phi) is 4.78. The van der Waals surface area contributed by atoms with Gasteiger partial charge < -0.3 is 5.32 Å². The van der Waals surface area contributed by atoms with Gasteiger partial charge in [0.05, 0.1) is 5.69 Å². The van der Waals surface area contributed by atoms with Gasteiger partial charge in [0, 0.05) is 37.9 Å². The maximum Gasteiger partial charge on any atom is 0.0762 e. The van der Waals surface area contributed by atoms with E-state index in [1.54, 1.807) is 0 Å². The minimum absolute atomic E-state index is 0.448. The Morgan fingerprint density at radius 1 is 1.50 bits per heavy atom. The highest BCUT2D eigenvalue weighted by atomic mass is 15.3. The van der Waals surface area contributed by atoms with Crippen LogP contribution in [0, 0.1) is 0 Å². The van der Waals surface area contributed by atoms with Crippen molar-refractivity contribution < 1.29 is 0 Å². The topological polar surface area (TPSA) is 33.1 Å². The molecule has 0 radical (unpaired) electrons. The monoisotopic (exact) mass is 250 g/mol. The summed E-state index contributed by atoms with van der Waals surface area (Å²) < 4.78 is 2.01. The molecule has 1 aromatic rings. The number of nitrogens with zero attached hydrogens (tertiary/aromatic N) is 3. The molecule has 2 rings (SSSR count). The van der Waals surface area contributed by atoms with Crippen LogP contribution in [0.5, 0.6) is 0 Å². The SMILES string of the molecule is CCN(CCNCc1ccn(C(C)C)n1)C1CC1. The van der Waals surface area contributed by atoms with Gasteiger partial charge in [-0.1, -0.05) is 6.92 Å². The van der Waals surface area contributed by atoms with Gasteiger partial charge in [-0.15, -0.1) is 0 Å². The number of aromatic nitrogens is 2. The number of likely N-dealkylation sites (N-methyl/N-ethyl adjacent to an activating group) is 1. The van der Waals surface area contributed by atoms with Crippen LogP contribution in [0.4, 0.5) is 0 Å². The summed E-state index contributed by atoms with van der Waals surface area (Å²) in [6.07, 6.45) is 4.85. The minimum atomic E-state index is 0.448. The molecule has 4 heteroatoms. The van der Waals surface area contributed by atoms with Crippen LogP contribution >= 0.6 is 0 Å². The van der Waals surface area contributed by atoms with Gasteiger partial charge >= 0.3 is 0 Å². The Balaban J connectivity index is 1.64. The van der Waals surface area contributed by atoms with Crippen molar-refractivity contribution in [2.24, 2.45) is 0 Å². The van der Waals surface area contributed by atoms with E-state index in [2.05, 4.69) is 48.3 Å². The molecule has 1 saturated carbocycles. The standard InChI is InChI=1S/C14H26N4/c1-4-17(14-5-6-14)10-8-15-11-13-7-9-18(16-13)12(2)3/h7,9,12,14-15H,4-6,8,10-11H2,1-3H3. The van der Waals surface area contributed by atoms with Gasteiger partial charge in [-0.3, -0.25) is 9.58 Å². The summed E-state index contributed by atoms with van der Waals surface area (Å²) in [5.74, 6) is 0. The predicted octanol–water partition coefficient (Wildman–Crippen LogP) is 2.04. The second-order valence-electron chi connectivity index (χ2n) is 5.42. The summed E-state index contributed by atoms with van der Waals surface area (Å²) in [7, 11) is 0. The van der Waals surface area contributed by atoms with Gasteiger partial charge in [0.15, 0.2) is 0 Å². The normalized spacial score (nSPS) is 15.8. The highest BCUT2D eigenvalue weighted by Gasteiger charge is 2.26. The summed E-state index contributed by atoms with van der Waals surface area (Å²) in [6, 6.07) is 3.42. The van der Waals surface area contributed by atoms with Gasteiger partial charge in [-0.2, -0.15) is 5.10 Å². The van der Waals surface area contributed by atoms with Crippen LogP contribution in [0.3, 0.4) is 0 Å². The molecule has 0 bridgehead atoms. The lowest BCUT2D eigenvalue weighted by Gasteiger charge is -2.19. The minimum Gasteiger partial charge on any atom is -0.310 e. The first-order valence-corrected chi connectivity index (χ1v) is 7.19. The fourth-order valence-electron chi connectivity index (χ4n) is 2.24. The molecule has 1 N–H and O–H groups in total. The van der Waals surface area contributed by atoms with Crippen molar-refractivity contribution in [3.05, 3.63) is 18.0 Å². The summed E-state index contributed by atoms with van der Waals surface area (Å²) in [5.41, 5.74) is 1.14. The van der Waals surface area contributed by atoms with Crippen molar-refractivity contribution in [1.29, 1.82) is 0 Å². The van der Waals surface area contributed by atoms with Crippen molar-refractivity contribution in [3.63, 3.8) is 0 Å². The molecule has 18 heavy (non-hydrogen) atoms. The van der Waals surface area contributed by atoms with Crippen LogP contribution in [-0.2, 0) is 6.54 Å². The van der Waals surface area contributed by atoms with Crippen LogP contribution < -0.4 is 5.32 Å². The van der Waals surface area contributed by atoms with E-state index < -0.39 is 0 Å². The second kappa shape index (κ2) is 6.34. The Morgan fingerprint density at radius 2 is 2.28 bits per heavy atom. The summed E-state index contributed by atoms with van der Waals surface area (Å²) in [4.78, 5) is 2.57. The van der Waals surface area contributed by atoms with Crippen LogP contribution in [0.2, 0.25) is 0 Å². The first kappa shape index (κ1) is 13.6. The first-order chi connectivity index (χ1) is 8.70. The zero-order chi connectivity index (χ0) is 13.0. The number of rotatable bonds is 8. The molecule has 1 aliphatic carbocycles. The maximum absolute atomic E-state index is 4.53. The third kappa shape index (κ3) is 3.82. The van der Waals surface area contributed by atoms with Crippen LogP contribution in [0.15, 0.2) is 12.3 Å². The van der Waals surface area contributed by atoms with E-state index in [-0.39, 0.29) is 0 Å². The highest BCUT2D eigenvalue weighted by Crippen LogP contribution is 2.25. The predicted molar refractivity (Wildman–Crippen MR) is 74.6 cm³/mol. The third-order valence-corrected chi connectivity index (χ3v) is 3.54. The molecular weight excluding hydrogens is 224 g/mol. The van der Waals surface area contributed by atoms with Crippen molar-refractivity contribution in [2.45, 2.75) is 52.2 Å². The second-order valence-corrected chi connectivity index (χ2v) is 5.42. The fourth-order valence-corrected chi connectivity index (χ4v) is 2.24. The van der Waals surface area contributed by atoms with Gasteiger partial charge in [0.2, 0.25) is 0 Å². The summed E-state index contributed by atoms with van der Waals surface area (Å²) in [6.45, 7) is 10.8. The molecule has 1 heterocycles. The average molecular weight is 250 g/mol. The van der Waals surface area contributed by atoms with Gasteiger partial charge in [-0.25, -0.2) is 0 Å². The van der Waals surface area contributed by atoms with Crippen LogP contribution in [-0.4, -0.2) is 40.4 Å². The lowest BCUT2D eigenvalue weighted by molar-refractivity contribution is 0.276. The van der Waals surface area contributed by atoms with E-state index >= 15 is 0 Å². The van der Waals surface area contributed by atoms with E-state index in [1.165, 1.54) is 19.4 Å². The zero-order valence-corrected chi connectivity index (χ0v) is 11.9. The highest BCUT2D eigenvalue weighted by molar-refractivity contribution is 4.99. The maximum atomic E-state index is 4.53. The molecule has 1 aliphatic rings. The summed E-state index contributed by atoms with van der Waals surface area (Å²) >= 11 is 0. The molecule has 0 spiro atoms. The van der Waals surface area contributed by atoms with Crippen LogP contribution in [0.1, 0.15) is 45.3 Å². The molecule has 4 nitrogen and oxygen atoms in total. The third-order valence-electron chi connectivity index (χ3n) is 3.54. The molecule has 0 aromatic carbocycles. The molecule has 0 atom stereocenters.